The van der Waals surface area contributed by atoms with Gasteiger partial charge in [0.1, 0.15) is 5.75 Å². The molecule has 1 N–H and O–H groups in total. The summed E-state index contributed by atoms with van der Waals surface area (Å²) in [6, 6.07) is 7.89. The van der Waals surface area contributed by atoms with Crippen LogP contribution in [0.3, 0.4) is 0 Å². The molecule has 1 aromatic carbocycles. The molecule has 1 unspecified atom stereocenters. The third-order valence-electron chi connectivity index (χ3n) is 3.07. The molecule has 3 heteroatoms. The molecule has 0 aromatic heterocycles. The third-order valence-corrected chi connectivity index (χ3v) is 3.07. The zero-order valence-corrected chi connectivity index (χ0v) is 12.2. The number of ether oxygens (including phenoxy) is 1. The molecule has 0 radical (unpaired) electrons. The van der Waals surface area contributed by atoms with E-state index in [2.05, 4.69) is 25.2 Å². The number of rotatable bonds is 8. The summed E-state index contributed by atoms with van der Waals surface area (Å²) in [6.45, 7) is 6.76. The van der Waals surface area contributed by atoms with Gasteiger partial charge in [-0.3, -0.25) is 4.79 Å². The van der Waals surface area contributed by atoms with E-state index in [1.165, 1.54) is 5.56 Å². The van der Waals surface area contributed by atoms with Crippen LogP contribution >= 0.6 is 0 Å². The molecule has 1 rings (SSSR count). The van der Waals surface area contributed by atoms with Gasteiger partial charge in [-0.25, -0.2) is 0 Å². The van der Waals surface area contributed by atoms with E-state index < -0.39 is 6.10 Å². The van der Waals surface area contributed by atoms with Crippen molar-refractivity contribution in [3.05, 3.63) is 29.8 Å². The van der Waals surface area contributed by atoms with Gasteiger partial charge >= 0.3 is 0 Å². The SMILES string of the molecule is CCCCCNC(=O)C(C)Oc1cccc(CC)c1. The molecule has 1 amide bonds. The largest absolute Gasteiger partial charge is 0.481 e. The number of nitrogens with one attached hydrogen (secondary N) is 1. The fourth-order valence-corrected chi connectivity index (χ4v) is 1.83. The zero-order valence-electron chi connectivity index (χ0n) is 12.2. The molecule has 0 fully saturated rings. The van der Waals surface area contributed by atoms with Gasteiger partial charge in [-0.1, -0.05) is 38.8 Å². The summed E-state index contributed by atoms with van der Waals surface area (Å²) >= 11 is 0. The lowest BCUT2D eigenvalue weighted by Crippen LogP contribution is -2.36. The monoisotopic (exact) mass is 263 g/mol. The third kappa shape index (κ3) is 5.77. The van der Waals surface area contributed by atoms with Gasteiger partial charge < -0.3 is 10.1 Å². The smallest absolute Gasteiger partial charge is 0.260 e. The molecule has 19 heavy (non-hydrogen) atoms. The van der Waals surface area contributed by atoms with Gasteiger partial charge in [0.25, 0.3) is 5.91 Å². The van der Waals surface area contributed by atoms with Crippen molar-refractivity contribution >= 4 is 5.91 Å². The Morgan fingerprint density at radius 3 is 2.79 bits per heavy atom. The van der Waals surface area contributed by atoms with E-state index in [1.807, 2.05) is 18.2 Å². The van der Waals surface area contributed by atoms with Crippen molar-refractivity contribution in [3.8, 4) is 5.75 Å². The Labute approximate surface area is 116 Å². The summed E-state index contributed by atoms with van der Waals surface area (Å²) in [7, 11) is 0. The summed E-state index contributed by atoms with van der Waals surface area (Å²) in [5.74, 6) is 0.716. The van der Waals surface area contributed by atoms with E-state index in [0.29, 0.717) is 0 Å². The molecule has 1 aromatic rings. The molecule has 0 aliphatic rings. The Kier molecular flexibility index (Phi) is 7.01. The van der Waals surface area contributed by atoms with E-state index in [0.717, 1.165) is 38.0 Å². The molecule has 1 atom stereocenters. The molecular formula is C16H25NO2. The number of unbranched alkanes of at least 4 members (excludes halogenated alkanes) is 2. The lowest BCUT2D eigenvalue weighted by atomic mass is 10.2. The summed E-state index contributed by atoms with van der Waals surface area (Å²) in [5, 5.41) is 2.90. The van der Waals surface area contributed by atoms with E-state index >= 15 is 0 Å². The predicted molar refractivity (Wildman–Crippen MR) is 78.4 cm³/mol. The Morgan fingerprint density at radius 2 is 2.11 bits per heavy atom. The normalized spacial score (nSPS) is 11.9. The van der Waals surface area contributed by atoms with Crippen molar-refractivity contribution in [2.45, 2.75) is 52.6 Å². The highest BCUT2D eigenvalue weighted by molar-refractivity contribution is 5.80. The summed E-state index contributed by atoms with van der Waals surface area (Å²) in [5.41, 5.74) is 1.22. The lowest BCUT2D eigenvalue weighted by molar-refractivity contribution is -0.127. The van der Waals surface area contributed by atoms with Crippen molar-refractivity contribution in [1.29, 1.82) is 0 Å². The lowest BCUT2D eigenvalue weighted by Gasteiger charge is -2.15. The van der Waals surface area contributed by atoms with Gasteiger partial charge in [-0.05, 0) is 37.5 Å². The number of carbonyl (C=O) groups is 1. The number of amides is 1. The van der Waals surface area contributed by atoms with Crippen LogP contribution in [-0.4, -0.2) is 18.6 Å². The molecular weight excluding hydrogens is 238 g/mol. The molecule has 0 aliphatic heterocycles. The van der Waals surface area contributed by atoms with Crippen molar-refractivity contribution in [3.63, 3.8) is 0 Å². The van der Waals surface area contributed by atoms with Gasteiger partial charge in [0.05, 0.1) is 0 Å². The maximum atomic E-state index is 11.8. The molecule has 0 heterocycles. The Hall–Kier alpha value is -1.51. The topological polar surface area (TPSA) is 38.3 Å². The average Bonchev–Trinajstić information content (AvgIpc) is 2.43. The minimum absolute atomic E-state index is 0.0435. The van der Waals surface area contributed by atoms with Crippen molar-refractivity contribution in [2.24, 2.45) is 0 Å². The first-order valence-electron chi connectivity index (χ1n) is 7.20. The number of carbonyl (C=O) groups excluding carboxylic acids is 1. The fourth-order valence-electron chi connectivity index (χ4n) is 1.83. The second-order valence-corrected chi connectivity index (χ2v) is 4.76. The standard InChI is InChI=1S/C16H25NO2/c1-4-6-7-11-17-16(18)13(3)19-15-10-8-9-14(5-2)12-15/h8-10,12-13H,4-7,11H2,1-3H3,(H,17,18). The zero-order chi connectivity index (χ0) is 14.1. The van der Waals surface area contributed by atoms with E-state index in [1.54, 1.807) is 6.92 Å². The van der Waals surface area contributed by atoms with Crippen LogP contribution in [0.25, 0.3) is 0 Å². The van der Waals surface area contributed by atoms with Crippen LogP contribution in [0, 0.1) is 0 Å². The summed E-state index contributed by atoms with van der Waals surface area (Å²) in [4.78, 5) is 11.8. The maximum absolute atomic E-state index is 11.8. The second kappa shape index (κ2) is 8.57. The van der Waals surface area contributed by atoms with Crippen molar-refractivity contribution < 1.29 is 9.53 Å². The van der Waals surface area contributed by atoms with Crippen LogP contribution in [0.15, 0.2) is 24.3 Å². The van der Waals surface area contributed by atoms with Crippen molar-refractivity contribution in [2.75, 3.05) is 6.54 Å². The number of aryl methyl sites for hydroxylation is 1. The molecule has 0 aliphatic carbocycles. The van der Waals surface area contributed by atoms with Gasteiger partial charge in [0.2, 0.25) is 0 Å². The maximum Gasteiger partial charge on any atom is 0.260 e. The minimum Gasteiger partial charge on any atom is -0.481 e. The highest BCUT2D eigenvalue weighted by atomic mass is 16.5. The van der Waals surface area contributed by atoms with Gasteiger partial charge in [0.15, 0.2) is 6.10 Å². The molecule has 0 saturated carbocycles. The first-order chi connectivity index (χ1) is 9.17. The summed E-state index contributed by atoms with van der Waals surface area (Å²) < 4.78 is 5.66. The van der Waals surface area contributed by atoms with Crippen molar-refractivity contribution in [1.82, 2.24) is 5.32 Å². The molecule has 0 saturated heterocycles. The van der Waals surface area contributed by atoms with Gasteiger partial charge in [-0.15, -0.1) is 0 Å². The van der Waals surface area contributed by atoms with Crippen LogP contribution < -0.4 is 10.1 Å². The van der Waals surface area contributed by atoms with E-state index in [-0.39, 0.29) is 5.91 Å². The Bertz CT molecular complexity index is 390. The number of hydrogen-bond acceptors (Lipinski definition) is 2. The highest BCUT2D eigenvalue weighted by Crippen LogP contribution is 2.15. The number of benzene rings is 1. The highest BCUT2D eigenvalue weighted by Gasteiger charge is 2.13. The van der Waals surface area contributed by atoms with Gasteiger partial charge in [-0.2, -0.15) is 0 Å². The van der Waals surface area contributed by atoms with Crippen LogP contribution in [-0.2, 0) is 11.2 Å². The Balaban J connectivity index is 2.40. The second-order valence-electron chi connectivity index (χ2n) is 4.76. The van der Waals surface area contributed by atoms with Crippen LogP contribution in [0.5, 0.6) is 5.75 Å². The molecule has 106 valence electrons. The first kappa shape index (κ1) is 15.5. The average molecular weight is 263 g/mol. The van der Waals surface area contributed by atoms with Gasteiger partial charge in [0, 0.05) is 6.54 Å². The van der Waals surface area contributed by atoms with E-state index in [9.17, 15) is 4.79 Å². The first-order valence-corrected chi connectivity index (χ1v) is 7.20. The molecule has 3 nitrogen and oxygen atoms in total. The van der Waals surface area contributed by atoms with E-state index in [4.69, 9.17) is 4.74 Å². The fraction of sp³-hybridized carbons (Fsp3) is 0.562. The molecule has 0 bridgehead atoms. The Morgan fingerprint density at radius 1 is 1.32 bits per heavy atom. The van der Waals surface area contributed by atoms with Crippen LogP contribution in [0.4, 0.5) is 0 Å². The minimum atomic E-state index is -0.450. The predicted octanol–water partition coefficient (Wildman–Crippen LogP) is 3.32. The van der Waals surface area contributed by atoms with Crippen LogP contribution in [0.2, 0.25) is 0 Å². The summed E-state index contributed by atoms with van der Waals surface area (Å²) in [6.07, 6.45) is 3.85. The number of hydrogen-bond donors (Lipinski definition) is 1. The van der Waals surface area contributed by atoms with Crippen LogP contribution in [0.1, 0.15) is 45.6 Å². The molecule has 0 spiro atoms. The quantitative estimate of drug-likeness (QED) is 0.731.